The summed E-state index contributed by atoms with van der Waals surface area (Å²) in [7, 11) is 0. The van der Waals surface area contributed by atoms with Crippen LogP contribution in [-0.2, 0) is 0 Å². The zero-order valence-electron chi connectivity index (χ0n) is 11.4. The van der Waals surface area contributed by atoms with Crippen LogP contribution in [0.4, 0.5) is 0 Å². The third-order valence-corrected chi connectivity index (χ3v) is 3.06. The molecule has 21 heavy (non-hydrogen) atoms. The highest BCUT2D eigenvalue weighted by Gasteiger charge is 2.15. The number of phenols is 1. The van der Waals surface area contributed by atoms with Crippen molar-refractivity contribution in [3.8, 4) is 11.5 Å². The highest BCUT2D eigenvalue weighted by atomic mass is 16.5. The molecule has 0 radical (unpaired) electrons. The standard InChI is InChI=1S/C17H16O4/c1-2-9-21-15-7-4-12(5-8-15)17(20)16-10-14(19)6-3-13(16)11-18/h2-8,10-11,17,19-20H,1,9H2. The second-order valence-corrected chi connectivity index (χ2v) is 4.50. The number of rotatable bonds is 6. The Bertz CT molecular complexity index is 632. The predicted molar refractivity (Wildman–Crippen MR) is 79.7 cm³/mol. The average Bonchev–Trinajstić information content (AvgIpc) is 2.52. The summed E-state index contributed by atoms with van der Waals surface area (Å²) in [4.78, 5) is 11.0. The monoisotopic (exact) mass is 284 g/mol. The van der Waals surface area contributed by atoms with Crippen molar-refractivity contribution in [2.75, 3.05) is 6.61 Å². The van der Waals surface area contributed by atoms with Crippen molar-refractivity contribution in [2.24, 2.45) is 0 Å². The lowest BCUT2D eigenvalue weighted by Gasteiger charge is -2.14. The minimum absolute atomic E-state index is 0.000543. The number of carbonyl (C=O) groups excluding carboxylic acids is 1. The SMILES string of the molecule is C=CCOc1ccc(C(O)c2cc(O)ccc2C=O)cc1. The van der Waals surface area contributed by atoms with E-state index >= 15 is 0 Å². The third-order valence-electron chi connectivity index (χ3n) is 3.06. The summed E-state index contributed by atoms with van der Waals surface area (Å²) in [5, 5.41) is 19.9. The van der Waals surface area contributed by atoms with Gasteiger partial charge in [0.1, 0.15) is 30.5 Å². The summed E-state index contributed by atoms with van der Waals surface area (Å²) in [5.41, 5.74) is 1.31. The number of benzene rings is 2. The fraction of sp³-hybridized carbons (Fsp3) is 0.118. The minimum atomic E-state index is -0.995. The Morgan fingerprint density at radius 1 is 1.19 bits per heavy atom. The second-order valence-electron chi connectivity index (χ2n) is 4.50. The predicted octanol–water partition coefficient (Wildman–Crippen LogP) is 2.85. The first kappa shape index (κ1) is 14.8. The molecule has 1 atom stereocenters. The lowest BCUT2D eigenvalue weighted by atomic mass is 9.97. The molecule has 0 saturated heterocycles. The molecule has 1 unspecified atom stereocenters. The number of aliphatic hydroxyl groups is 1. The van der Waals surface area contributed by atoms with Gasteiger partial charge in [-0.3, -0.25) is 4.79 Å². The first-order valence-electron chi connectivity index (χ1n) is 6.45. The Kier molecular flexibility index (Phi) is 4.74. The maximum absolute atomic E-state index is 11.0. The molecule has 0 aliphatic heterocycles. The highest BCUT2D eigenvalue weighted by molar-refractivity contribution is 5.78. The van der Waals surface area contributed by atoms with E-state index < -0.39 is 6.10 Å². The van der Waals surface area contributed by atoms with E-state index in [1.807, 2.05) is 0 Å². The fourth-order valence-corrected chi connectivity index (χ4v) is 1.99. The van der Waals surface area contributed by atoms with E-state index in [1.165, 1.54) is 18.2 Å². The Morgan fingerprint density at radius 2 is 1.90 bits per heavy atom. The molecule has 2 aromatic carbocycles. The number of ether oxygens (including phenoxy) is 1. The first-order chi connectivity index (χ1) is 10.2. The summed E-state index contributed by atoms with van der Waals surface area (Å²) in [6.45, 7) is 3.97. The van der Waals surface area contributed by atoms with Gasteiger partial charge >= 0.3 is 0 Å². The van der Waals surface area contributed by atoms with E-state index in [4.69, 9.17) is 4.74 Å². The maximum atomic E-state index is 11.0. The van der Waals surface area contributed by atoms with E-state index in [1.54, 1.807) is 30.3 Å². The van der Waals surface area contributed by atoms with Crippen molar-refractivity contribution in [3.05, 3.63) is 71.8 Å². The van der Waals surface area contributed by atoms with Crippen molar-refractivity contribution in [2.45, 2.75) is 6.10 Å². The number of hydrogen-bond acceptors (Lipinski definition) is 4. The van der Waals surface area contributed by atoms with Gasteiger partial charge in [-0.05, 0) is 41.5 Å². The summed E-state index contributed by atoms with van der Waals surface area (Å²) in [5.74, 6) is 0.665. The second kappa shape index (κ2) is 6.72. The molecule has 2 aromatic rings. The molecular weight excluding hydrogens is 268 g/mol. The normalized spacial score (nSPS) is 11.7. The zero-order valence-corrected chi connectivity index (χ0v) is 11.4. The number of aliphatic hydroxyl groups excluding tert-OH is 1. The van der Waals surface area contributed by atoms with Crippen molar-refractivity contribution < 1.29 is 19.7 Å². The molecule has 0 bridgehead atoms. The molecule has 2 N–H and O–H groups in total. The van der Waals surface area contributed by atoms with Gasteiger partial charge in [-0.2, -0.15) is 0 Å². The molecule has 0 heterocycles. The summed E-state index contributed by atoms with van der Waals surface area (Å²) < 4.78 is 5.36. The van der Waals surface area contributed by atoms with E-state index in [0.717, 1.165) is 0 Å². The van der Waals surface area contributed by atoms with Gasteiger partial charge in [-0.15, -0.1) is 0 Å². The molecule has 0 amide bonds. The quantitative estimate of drug-likeness (QED) is 0.632. The van der Waals surface area contributed by atoms with E-state index in [-0.39, 0.29) is 5.75 Å². The van der Waals surface area contributed by atoms with Gasteiger partial charge in [-0.1, -0.05) is 24.8 Å². The lowest BCUT2D eigenvalue weighted by molar-refractivity contribution is 0.111. The molecule has 0 aromatic heterocycles. The van der Waals surface area contributed by atoms with Crippen LogP contribution in [0.5, 0.6) is 11.5 Å². The van der Waals surface area contributed by atoms with Crippen LogP contribution in [0, 0.1) is 0 Å². The minimum Gasteiger partial charge on any atom is -0.508 e. The van der Waals surface area contributed by atoms with E-state index in [9.17, 15) is 15.0 Å². The van der Waals surface area contributed by atoms with Crippen molar-refractivity contribution in [1.82, 2.24) is 0 Å². The number of hydrogen-bond donors (Lipinski definition) is 2. The zero-order chi connectivity index (χ0) is 15.2. The maximum Gasteiger partial charge on any atom is 0.150 e. The molecular formula is C17H16O4. The number of phenolic OH excluding ortho intramolecular Hbond substituents is 1. The van der Waals surface area contributed by atoms with Crippen LogP contribution in [0.3, 0.4) is 0 Å². The number of aromatic hydroxyl groups is 1. The van der Waals surface area contributed by atoms with Gasteiger partial charge < -0.3 is 14.9 Å². The van der Waals surface area contributed by atoms with Crippen LogP contribution in [0.2, 0.25) is 0 Å². The third kappa shape index (κ3) is 3.49. The largest absolute Gasteiger partial charge is 0.508 e. The van der Waals surface area contributed by atoms with Crippen LogP contribution in [0.1, 0.15) is 27.6 Å². The number of carbonyl (C=O) groups is 1. The molecule has 0 saturated carbocycles. The molecule has 0 aliphatic carbocycles. The molecule has 2 rings (SSSR count). The van der Waals surface area contributed by atoms with Gasteiger partial charge in [0.25, 0.3) is 0 Å². The summed E-state index contributed by atoms with van der Waals surface area (Å²) in [6, 6.07) is 11.1. The topological polar surface area (TPSA) is 66.8 Å². The molecule has 108 valence electrons. The van der Waals surface area contributed by atoms with Crippen molar-refractivity contribution in [1.29, 1.82) is 0 Å². The molecule has 4 nitrogen and oxygen atoms in total. The van der Waals surface area contributed by atoms with Crippen LogP contribution in [0.25, 0.3) is 0 Å². The lowest BCUT2D eigenvalue weighted by Crippen LogP contribution is -2.03. The Labute approximate surface area is 122 Å². The van der Waals surface area contributed by atoms with E-state index in [0.29, 0.717) is 35.3 Å². The smallest absolute Gasteiger partial charge is 0.150 e. The summed E-state index contributed by atoms with van der Waals surface area (Å²) >= 11 is 0. The van der Waals surface area contributed by atoms with E-state index in [2.05, 4.69) is 6.58 Å². The molecule has 0 aliphatic rings. The van der Waals surface area contributed by atoms with Crippen LogP contribution in [-0.4, -0.2) is 23.1 Å². The fourth-order valence-electron chi connectivity index (χ4n) is 1.99. The molecule has 4 heteroatoms. The summed E-state index contributed by atoms with van der Waals surface area (Å²) in [6.07, 6.45) is 1.30. The van der Waals surface area contributed by atoms with Crippen LogP contribution in [0.15, 0.2) is 55.1 Å². The molecule has 0 spiro atoms. The molecule has 0 fully saturated rings. The Balaban J connectivity index is 2.27. The Morgan fingerprint density at radius 3 is 2.52 bits per heavy atom. The average molecular weight is 284 g/mol. The van der Waals surface area contributed by atoms with Crippen LogP contribution >= 0.6 is 0 Å². The van der Waals surface area contributed by atoms with Gasteiger partial charge in [0.15, 0.2) is 0 Å². The van der Waals surface area contributed by atoms with Gasteiger partial charge in [-0.25, -0.2) is 0 Å². The van der Waals surface area contributed by atoms with Crippen molar-refractivity contribution in [3.63, 3.8) is 0 Å². The van der Waals surface area contributed by atoms with Gasteiger partial charge in [0.05, 0.1) is 0 Å². The van der Waals surface area contributed by atoms with Gasteiger partial charge in [0.2, 0.25) is 0 Å². The van der Waals surface area contributed by atoms with Crippen LogP contribution < -0.4 is 4.74 Å². The number of aldehydes is 1. The highest BCUT2D eigenvalue weighted by Crippen LogP contribution is 2.28. The Hall–Kier alpha value is -2.59. The van der Waals surface area contributed by atoms with Crippen molar-refractivity contribution >= 4 is 6.29 Å². The van der Waals surface area contributed by atoms with Gasteiger partial charge in [0, 0.05) is 5.56 Å². The first-order valence-corrected chi connectivity index (χ1v) is 6.45.